The number of nitrogens with zero attached hydrogens (tertiary/aromatic N) is 3. The maximum atomic E-state index is 12.5. The van der Waals surface area contributed by atoms with E-state index >= 15 is 0 Å². The van der Waals surface area contributed by atoms with Gasteiger partial charge in [0, 0.05) is 19.6 Å². The van der Waals surface area contributed by atoms with E-state index in [1.807, 2.05) is 13.8 Å². The van der Waals surface area contributed by atoms with Gasteiger partial charge in [-0.1, -0.05) is 18.3 Å². The summed E-state index contributed by atoms with van der Waals surface area (Å²) in [6.45, 7) is 5.42. The van der Waals surface area contributed by atoms with Crippen LogP contribution in [0.2, 0.25) is 0 Å². The fraction of sp³-hybridized carbons (Fsp3) is 0.636. The van der Waals surface area contributed by atoms with Crippen LogP contribution in [0.5, 0.6) is 0 Å². The number of hydrogen-bond acceptors (Lipinski definition) is 6. The predicted octanol–water partition coefficient (Wildman–Crippen LogP) is -0.439. The largest absolute Gasteiger partial charge is 0.368 e. The minimum absolute atomic E-state index is 0.118. The van der Waals surface area contributed by atoms with Gasteiger partial charge in [-0.3, -0.25) is 9.59 Å². The number of carbonyl (C=O) groups excluding carboxylic acids is 2. The Hall–Kier alpha value is -1.54. The van der Waals surface area contributed by atoms with Crippen molar-refractivity contribution in [2.75, 3.05) is 19.6 Å². The Balaban J connectivity index is 2.26. The lowest BCUT2D eigenvalue weighted by atomic mass is 10.1. The number of nitrogens with two attached hydrogens (primary N) is 1. The topological polar surface area (TPSA) is 101 Å². The zero-order valence-electron chi connectivity index (χ0n) is 10.9. The Kier molecular flexibility index (Phi) is 4.11. The summed E-state index contributed by atoms with van der Waals surface area (Å²) in [7, 11) is 0. The molecule has 104 valence electrons. The monoisotopic (exact) mass is 283 g/mol. The van der Waals surface area contributed by atoms with E-state index < -0.39 is 11.9 Å². The molecule has 1 aliphatic rings. The molecule has 19 heavy (non-hydrogen) atoms. The van der Waals surface area contributed by atoms with Crippen molar-refractivity contribution in [2.24, 2.45) is 5.73 Å². The van der Waals surface area contributed by atoms with Crippen molar-refractivity contribution in [3.63, 3.8) is 0 Å². The summed E-state index contributed by atoms with van der Waals surface area (Å²) in [6, 6.07) is -0.608. The normalized spacial score (nSPS) is 19.7. The summed E-state index contributed by atoms with van der Waals surface area (Å²) in [5, 5.41) is 7.05. The quantitative estimate of drug-likeness (QED) is 0.783. The Morgan fingerprint density at radius 2 is 2.26 bits per heavy atom. The molecule has 1 unspecified atom stereocenters. The van der Waals surface area contributed by atoms with Crippen LogP contribution < -0.4 is 11.1 Å². The molecule has 0 saturated carbocycles. The van der Waals surface area contributed by atoms with Crippen LogP contribution in [-0.2, 0) is 4.79 Å². The highest BCUT2D eigenvalue weighted by atomic mass is 32.1. The third-order valence-electron chi connectivity index (χ3n) is 3.09. The number of amides is 2. The van der Waals surface area contributed by atoms with Crippen molar-refractivity contribution in [1.82, 2.24) is 19.8 Å². The number of carbonyl (C=O) groups is 2. The molecule has 2 rings (SSSR count). The molecule has 1 aliphatic heterocycles. The molecule has 1 aromatic rings. The first-order valence-electron chi connectivity index (χ1n) is 6.15. The van der Waals surface area contributed by atoms with Crippen LogP contribution in [0, 0.1) is 0 Å². The minimum atomic E-state index is -0.608. The highest BCUT2D eigenvalue weighted by Crippen LogP contribution is 2.22. The van der Waals surface area contributed by atoms with E-state index in [2.05, 4.69) is 14.9 Å². The van der Waals surface area contributed by atoms with E-state index in [1.54, 1.807) is 0 Å². The van der Waals surface area contributed by atoms with Gasteiger partial charge < -0.3 is 16.0 Å². The van der Waals surface area contributed by atoms with Crippen LogP contribution in [0.3, 0.4) is 0 Å². The van der Waals surface area contributed by atoms with Crippen LogP contribution in [-0.4, -0.2) is 52.0 Å². The first-order valence-corrected chi connectivity index (χ1v) is 6.93. The molecule has 1 aromatic heterocycles. The molecule has 3 N–H and O–H groups in total. The average Bonchev–Trinajstić information content (AvgIpc) is 2.87. The second-order valence-electron chi connectivity index (χ2n) is 4.76. The molecule has 1 fully saturated rings. The Morgan fingerprint density at radius 1 is 1.53 bits per heavy atom. The van der Waals surface area contributed by atoms with Gasteiger partial charge in [0.2, 0.25) is 5.91 Å². The fourth-order valence-electron chi connectivity index (χ4n) is 2.06. The maximum absolute atomic E-state index is 12.5. The molecular formula is C11H17N5O2S. The Morgan fingerprint density at radius 3 is 2.89 bits per heavy atom. The lowest BCUT2D eigenvalue weighted by Gasteiger charge is -2.33. The van der Waals surface area contributed by atoms with E-state index in [1.165, 1.54) is 4.90 Å². The second-order valence-corrected chi connectivity index (χ2v) is 5.52. The van der Waals surface area contributed by atoms with Crippen molar-refractivity contribution < 1.29 is 9.59 Å². The first-order chi connectivity index (χ1) is 9.02. The molecule has 8 heteroatoms. The molecule has 0 bridgehead atoms. The molecule has 7 nitrogen and oxygen atoms in total. The SMILES string of the molecule is CC(C)c1nnsc1C(=O)N1CCNCC1C(N)=O. The van der Waals surface area contributed by atoms with Gasteiger partial charge in [0.05, 0.1) is 5.69 Å². The Labute approximate surface area is 115 Å². The summed E-state index contributed by atoms with van der Waals surface area (Å²) < 4.78 is 3.84. The van der Waals surface area contributed by atoms with Gasteiger partial charge >= 0.3 is 0 Å². The molecule has 0 radical (unpaired) electrons. The molecule has 0 aliphatic carbocycles. The van der Waals surface area contributed by atoms with Crippen molar-refractivity contribution in [3.8, 4) is 0 Å². The fourth-order valence-corrected chi connectivity index (χ4v) is 2.83. The zero-order chi connectivity index (χ0) is 14.0. The smallest absolute Gasteiger partial charge is 0.268 e. The van der Waals surface area contributed by atoms with Gasteiger partial charge in [-0.2, -0.15) is 0 Å². The predicted molar refractivity (Wildman–Crippen MR) is 70.9 cm³/mol. The van der Waals surface area contributed by atoms with Crippen LogP contribution in [0.1, 0.15) is 35.1 Å². The number of rotatable bonds is 3. The van der Waals surface area contributed by atoms with Gasteiger partial charge in [0.25, 0.3) is 5.91 Å². The average molecular weight is 283 g/mol. The van der Waals surface area contributed by atoms with E-state index in [9.17, 15) is 9.59 Å². The van der Waals surface area contributed by atoms with E-state index in [-0.39, 0.29) is 11.8 Å². The summed E-state index contributed by atoms with van der Waals surface area (Å²) in [6.07, 6.45) is 0. The van der Waals surface area contributed by atoms with Crippen molar-refractivity contribution >= 4 is 23.3 Å². The number of hydrogen-bond donors (Lipinski definition) is 2. The number of nitrogens with one attached hydrogen (secondary N) is 1. The second kappa shape index (κ2) is 5.62. The van der Waals surface area contributed by atoms with Crippen LogP contribution >= 0.6 is 11.5 Å². The molecule has 1 atom stereocenters. The first kappa shape index (κ1) is 13.9. The van der Waals surface area contributed by atoms with Gasteiger partial charge in [0.1, 0.15) is 10.9 Å². The van der Waals surface area contributed by atoms with Gasteiger partial charge in [0.15, 0.2) is 0 Å². The third-order valence-corrected chi connectivity index (χ3v) is 3.82. The maximum Gasteiger partial charge on any atom is 0.268 e. The van der Waals surface area contributed by atoms with Crippen molar-refractivity contribution in [1.29, 1.82) is 0 Å². The lowest BCUT2D eigenvalue weighted by molar-refractivity contribution is -0.122. The molecule has 2 amide bonds. The highest BCUT2D eigenvalue weighted by Gasteiger charge is 2.33. The lowest BCUT2D eigenvalue weighted by Crippen LogP contribution is -2.58. The van der Waals surface area contributed by atoms with Crippen LogP contribution in [0.4, 0.5) is 0 Å². The van der Waals surface area contributed by atoms with Gasteiger partial charge in [-0.15, -0.1) is 5.10 Å². The molecule has 0 aromatic carbocycles. The summed E-state index contributed by atoms with van der Waals surface area (Å²) in [5.41, 5.74) is 6.02. The van der Waals surface area contributed by atoms with Crippen LogP contribution in [0.25, 0.3) is 0 Å². The molecule has 2 heterocycles. The van der Waals surface area contributed by atoms with Gasteiger partial charge in [-0.05, 0) is 17.5 Å². The number of primary amides is 1. The van der Waals surface area contributed by atoms with Crippen LogP contribution in [0.15, 0.2) is 0 Å². The molecule has 1 saturated heterocycles. The van der Waals surface area contributed by atoms with E-state index in [4.69, 9.17) is 5.73 Å². The summed E-state index contributed by atoms with van der Waals surface area (Å²) >= 11 is 1.07. The van der Waals surface area contributed by atoms with Crippen molar-refractivity contribution in [3.05, 3.63) is 10.6 Å². The third kappa shape index (κ3) is 2.74. The minimum Gasteiger partial charge on any atom is -0.368 e. The number of piperazine rings is 1. The molecular weight excluding hydrogens is 266 g/mol. The van der Waals surface area contributed by atoms with Crippen molar-refractivity contribution in [2.45, 2.75) is 25.8 Å². The van der Waals surface area contributed by atoms with E-state index in [0.717, 1.165) is 11.5 Å². The Bertz CT molecular complexity index is 487. The summed E-state index contributed by atoms with van der Waals surface area (Å²) in [4.78, 5) is 26.0. The molecule has 0 spiro atoms. The highest BCUT2D eigenvalue weighted by molar-refractivity contribution is 7.08. The summed E-state index contributed by atoms with van der Waals surface area (Å²) in [5.74, 6) is -0.583. The van der Waals surface area contributed by atoms with E-state index in [0.29, 0.717) is 30.2 Å². The van der Waals surface area contributed by atoms with Gasteiger partial charge in [-0.25, -0.2) is 0 Å². The standard InChI is InChI=1S/C11H17N5O2S/c1-6(2)8-9(19-15-14-8)11(18)16-4-3-13-5-7(16)10(12)17/h6-7,13H,3-5H2,1-2H3,(H2,12,17). The number of aromatic nitrogens is 2. The zero-order valence-corrected chi connectivity index (χ0v) is 11.7.